The van der Waals surface area contributed by atoms with Crippen LogP contribution in [0.3, 0.4) is 0 Å². The van der Waals surface area contributed by atoms with Crippen LogP contribution in [0.4, 0.5) is 17.6 Å². The molecule has 150 valence electrons. The number of aromatic nitrogens is 1. The minimum atomic E-state index is -4.85. The predicted molar refractivity (Wildman–Crippen MR) is 91.1 cm³/mol. The molecular weight excluding hydrogens is 404 g/mol. The number of hydrogen-bond donors (Lipinski definition) is 1. The van der Waals surface area contributed by atoms with Gasteiger partial charge in [0.1, 0.15) is 0 Å². The summed E-state index contributed by atoms with van der Waals surface area (Å²) in [6.45, 7) is 0. The fraction of sp³-hybridized carbons (Fsp3) is 0.235. The van der Waals surface area contributed by atoms with E-state index in [-0.39, 0.29) is 34.1 Å². The van der Waals surface area contributed by atoms with Crippen LogP contribution < -0.4 is 9.88 Å². The molecule has 1 aromatic heterocycles. The van der Waals surface area contributed by atoms with Crippen molar-refractivity contribution in [2.45, 2.75) is 18.5 Å². The first-order valence-corrected chi connectivity index (χ1v) is 9.38. The predicted octanol–water partition coefficient (Wildman–Crippen LogP) is 3.72. The Hall–Kier alpha value is -2.66. The van der Waals surface area contributed by atoms with Gasteiger partial charge in [-0.3, -0.25) is 0 Å². The summed E-state index contributed by atoms with van der Waals surface area (Å²) in [7, 11) is -2.69. The van der Waals surface area contributed by atoms with Crippen LogP contribution in [0, 0.1) is 5.82 Å². The third-order valence-electron chi connectivity index (χ3n) is 4.06. The largest absolute Gasteiger partial charge is 0.494 e. The van der Waals surface area contributed by atoms with Crippen molar-refractivity contribution in [1.29, 1.82) is 0 Å². The van der Waals surface area contributed by atoms with Crippen molar-refractivity contribution in [1.82, 2.24) is 4.98 Å². The second-order valence-corrected chi connectivity index (χ2v) is 7.49. The quantitative estimate of drug-likeness (QED) is 0.764. The van der Waals surface area contributed by atoms with Gasteiger partial charge in [-0.25, -0.2) is 22.9 Å². The van der Waals surface area contributed by atoms with Crippen LogP contribution in [-0.4, -0.2) is 20.5 Å². The summed E-state index contributed by atoms with van der Waals surface area (Å²) in [6.07, 6.45) is -0.999. The fourth-order valence-electron chi connectivity index (χ4n) is 2.73. The van der Waals surface area contributed by atoms with E-state index in [1.165, 1.54) is 37.5 Å². The van der Waals surface area contributed by atoms with E-state index in [1.807, 2.05) is 0 Å². The van der Waals surface area contributed by atoms with Crippen molar-refractivity contribution in [3.63, 3.8) is 0 Å². The molecule has 2 N–H and O–H groups in total. The van der Waals surface area contributed by atoms with E-state index in [2.05, 4.69) is 4.98 Å². The van der Waals surface area contributed by atoms with E-state index >= 15 is 0 Å². The van der Waals surface area contributed by atoms with Crippen LogP contribution in [0.5, 0.6) is 5.75 Å². The lowest BCUT2D eigenvalue weighted by Crippen LogP contribution is -2.15. The molecule has 1 heterocycles. The number of nitrogens with two attached hydrogens (primary N) is 1. The van der Waals surface area contributed by atoms with Crippen LogP contribution in [0.2, 0.25) is 0 Å². The summed E-state index contributed by atoms with van der Waals surface area (Å²) >= 11 is 0. The van der Waals surface area contributed by atoms with Gasteiger partial charge < -0.3 is 9.15 Å². The van der Waals surface area contributed by atoms with Crippen molar-refractivity contribution in [3.05, 3.63) is 58.7 Å². The van der Waals surface area contributed by atoms with Crippen molar-refractivity contribution < 1.29 is 35.1 Å². The Balaban J connectivity index is 2.07. The van der Waals surface area contributed by atoms with Gasteiger partial charge in [0, 0.05) is 11.5 Å². The average Bonchev–Trinajstić information content (AvgIpc) is 3.07. The molecule has 1 atom stereocenters. The molecule has 1 unspecified atom stereocenters. The lowest BCUT2D eigenvalue weighted by atomic mass is 9.94. The first-order chi connectivity index (χ1) is 13.0. The highest BCUT2D eigenvalue weighted by atomic mass is 32.2. The van der Waals surface area contributed by atoms with Crippen molar-refractivity contribution >= 4 is 10.0 Å². The molecule has 0 spiro atoms. The molecule has 28 heavy (non-hydrogen) atoms. The van der Waals surface area contributed by atoms with Gasteiger partial charge in [-0.05, 0) is 30.7 Å². The van der Waals surface area contributed by atoms with E-state index in [1.54, 1.807) is 0 Å². The summed E-state index contributed by atoms with van der Waals surface area (Å²) in [4.78, 5) is 3.38. The molecule has 1 aliphatic carbocycles. The molecule has 0 aliphatic heterocycles. The monoisotopic (exact) mass is 418 g/mol. The number of alkyl halides is 3. The highest BCUT2D eigenvalue weighted by molar-refractivity contribution is 7.93. The maximum atomic E-state index is 14.0. The van der Waals surface area contributed by atoms with Crippen LogP contribution in [0.25, 0.3) is 11.3 Å². The van der Waals surface area contributed by atoms with Crippen LogP contribution in [0.1, 0.15) is 23.9 Å². The average molecular weight is 418 g/mol. The van der Waals surface area contributed by atoms with E-state index < -0.39 is 33.8 Å². The lowest BCUT2D eigenvalue weighted by Gasteiger charge is -2.14. The number of sulfonamides is 1. The molecule has 0 bridgehead atoms. The summed E-state index contributed by atoms with van der Waals surface area (Å²) in [6, 6.07) is 3.56. The Morgan fingerprint density at radius 2 is 2.04 bits per heavy atom. The van der Waals surface area contributed by atoms with E-state index in [0.29, 0.717) is 0 Å². The number of allylic oxidation sites excluding steroid dienone is 3. The summed E-state index contributed by atoms with van der Waals surface area (Å²) < 4.78 is 85.8. The van der Waals surface area contributed by atoms with Gasteiger partial charge >= 0.3 is 12.1 Å². The summed E-state index contributed by atoms with van der Waals surface area (Å²) in [5, 5.41) is 5.04. The SMILES string of the molecule is COc1ccc(-c2oc(C(F)(F)F)nc2C2C=CC(S(N)(=O)=O)=CC2)cc1F. The first-order valence-electron chi connectivity index (χ1n) is 7.83. The highest BCUT2D eigenvalue weighted by Gasteiger charge is 2.39. The molecule has 1 aromatic carbocycles. The van der Waals surface area contributed by atoms with Gasteiger partial charge in [0.15, 0.2) is 17.3 Å². The molecular formula is C17H14F4N2O4S. The number of halogens is 4. The number of ether oxygens (including phenoxy) is 1. The number of primary sulfonamides is 1. The van der Waals surface area contributed by atoms with Gasteiger partial charge in [-0.2, -0.15) is 13.2 Å². The smallest absolute Gasteiger partial charge is 0.468 e. The third-order valence-corrected chi connectivity index (χ3v) is 5.02. The molecule has 2 aromatic rings. The number of rotatable bonds is 4. The lowest BCUT2D eigenvalue weighted by molar-refractivity contribution is -0.156. The van der Waals surface area contributed by atoms with E-state index in [0.717, 1.165) is 6.07 Å². The minimum absolute atomic E-state index is 0.0255. The van der Waals surface area contributed by atoms with Gasteiger partial charge in [0.2, 0.25) is 10.0 Å². The maximum Gasteiger partial charge on any atom is 0.468 e. The van der Waals surface area contributed by atoms with Gasteiger partial charge in [0.25, 0.3) is 0 Å². The van der Waals surface area contributed by atoms with Gasteiger partial charge in [-0.1, -0.05) is 12.2 Å². The second kappa shape index (κ2) is 7.06. The topological polar surface area (TPSA) is 95.4 Å². The second-order valence-electron chi connectivity index (χ2n) is 5.93. The molecule has 0 saturated carbocycles. The van der Waals surface area contributed by atoms with Crippen molar-refractivity contribution in [3.8, 4) is 17.1 Å². The fourth-order valence-corrected chi connectivity index (χ4v) is 3.33. The number of hydrogen-bond acceptors (Lipinski definition) is 5. The van der Waals surface area contributed by atoms with E-state index in [4.69, 9.17) is 14.3 Å². The first kappa shape index (κ1) is 20.1. The Morgan fingerprint density at radius 3 is 2.54 bits per heavy atom. The molecule has 3 rings (SSSR count). The highest BCUT2D eigenvalue weighted by Crippen LogP contribution is 2.40. The third kappa shape index (κ3) is 3.94. The molecule has 0 amide bonds. The van der Waals surface area contributed by atoms with Crippen LogP contribution >= 0.6 is 0 Å². The number of oxazole rings is 1. The zero-order valence-electron chi connectivity index (χ0n) is 14.3. The number of methoxy groups -OCH3 is 1. The van der Waals surface area contributed by atoms with E-state index in [9.17, 15) is 26.0 Å². The Bertz CT molecular complexity index is 1070. The van der Waals surface area contributed by atoms with Gasteiger partial charge in [-0.15, -0.1) is 0 Å². The minimum Gasteiger partial charge on any atom is -0.494 e. The Morgan fingerprint density at radius 1 is 1.32 bits per heavy atom. The molecule has 1 aliphatic rings. The number of benzene rings is 1. The maximum absolute atomic E-state index is 14.0. The Labute approximate surface area is 157 Å². The molecule has 0 saturated heterocycles. The van der Waals surface area contributed by atoms with Crippen molar-refractivity contribution in [2.75, 3.05) is 7.11 Å². The summed E-state index contributed by atoms with van der Waals surface area (Å²) in [5.74, 6) is -3.34. The molecule has 6 nitrogen and oxygen atoms in total. The normalized spacial score (nSPS) is 17.5. The van der Waals surface area contributed by atoms with Crippen LogP contribution in [0.15, 0.2) is 45.7 Å². The van der Waals surface area contributed by atoms with Crippen LogP contribution in [-0.2, 0) is 16.2 Å². The standard InChI is InChI=1S/C17H14F4N2O4S/c1-26-13-7-4-10(8-12(13)18)15-14(23-16(27-15)17(19,20)21)9-2-5-11(6-3-9)28(22,24)25/h2,4-9H,3H2,1H3,(H2,22,24,25). The Kier molecular flexibility index (Phi) is 5.06. The number of nitrogens with zero attached hydrogens (tertiary/aromatic N) is 1. The zero-order valence-corrected chi connectivity index (χ0v) is 15.1. The van der Waals surface area contributed by atoms with Gasteiger partial charge in [0.05, 0.1) is 17.7 Å². The summed E-state index contributed by atoms with van der Waals surface area (Å²) in [5.41, 5.74) is -0.0659. The molecule has 11 heteroatoms. The zero-order chi connectivity index (χ0) is 20.7. The molecule has 0 radical (unpaired) electrons. The molecule has 0 fully saturated rings. The van der Waals surface area contributed by atoms with Crippen molar-refractivity contribution in [2.24, 2.45) is 5.14 Å².